The molecule has 5 rings (SSSR count). The van der Waals surface area contributed by atoms with Gasteiger partial charge in [0.15, 0.2) is 11.6 Å². The van der Waals surface area contributed by atoms with Gasteiger partial charge in [-0.15, -0.1) is 0 Å². The summed E-state index contributed by atoms with van der Waals surface area (Å²) in [6.45, 7) is 2.16. The number of amides is 1. The maximum absolute atomic E-state index is 14.3. The first-order chi connectivity index (χ1) is 15.5. The van der Waals surface area contributed by atoms with Crippen LogP contribution < -0.4 is 10.5 Å². The minimum absolute atomic E-state index is 0.230. The van der Waals surface area contributed by atoms with E-state index in [9.17, 15) is 9.18 Å². The van der Waals surface area contributed by atoms with Crippen molar-refractivity contribution in [2.45, 2.75) is 25.8 Å². The van der Waals surface area contributed by atoms with Crippen LogP contribution in [0.4, 0.5) is 4.39 Å². The smallest absolute Gasteiger partial charge is 0.218 e. The number of carbonyl (C=O) groups is 1. The van der Waals surface area contributed by atoms with E-state index in [1.165, 1.54) is 29.5 Å². The molecule has 0 spiro atoms. The molecule has 2 aromatic heterocycles. The monoisotopic (exact) mass is 432 g/mol. The number of rotatable bonds is 6. The van der Waals surface area contributed by atoms with E-state index in [0.717, 1.165) is 41.0 Å². The number of nitrogens with two attached hydrogens (primary N) is 1. The van der Waals surface area contributed by atoms with E-state index in [2.05, 4.69) is 22.0 Å². The van der Waals surface area contributed by atoms with Crippen LogP contribution in [0.1, 0.15) is 28.9 Å². The Morgan fingerprint density at radius 2 is 2.12 bits per heavy atom. The van der Waals surface area contributed by atoms with Crippen molar-refractivity contribution in [1.82, 2.24) is 14.9 Å². The van der Waals surface area contributed by atoms with E-state index in [0.29, 0.717) is 25.9 Å². The van der Waals surface area contributed by atoms with Crippen LogP contribution in [0.2, 0.25) is 0 Å². The van der Waals surface area contributed by atoms with Crippen LogP contribution in [0, 0.1) is 5.82 Å². The van der Waals surface area contributed by atoms with Gasteiger partial charge in [0.2, 0.25) is 5.91 Å². The number of carbonyl (C=O) groups excluding carboxylic acids is 1. The van der Waals surface area contributed by atoms with Crippen LogP contribution in [0.25, 0.3) is 21.8 Å². The summed E-state index contributed by atoms with van der Waals surface area (Å²) in [5.74, 6) is -0.445. The number of hydrogen-bond donors (Lipinski definition) is 2. The molecule has 0 saturated heterocycles. The summed E-state index contributed by atoms with van der Waals surface area (Å²) in [6, 6.07) is 13.3. The number of benzene rings is 2. The van der Waals surface area contributed by atoms with Gasteiger partial charge in [0.25, 0.3) is 0 Å². The number of para-hydroxylation sites is 1. The van der Waals surface area contributed by atoms with Crippen LogP contribution in [0.3, 0.4) is 0 Å². The second-order valence-electron chi connectivity index (χ2n) is 8.29. The molecule has 1 amide bonds. The molecule has 0 radical (unpaired) electrons. The Labute approximate surface area is 185 Å². The first kappa shape index (κ1) is 20.5. The third-order valence-electron chi connectivity index (χ3n) is 6.23. The lowest BCUT2D eigenvalue weighted by Gasteiger charge is -2.28. The Hall–Kier alpha value is -3.45. The molecule has 0 aliphatic carbocycles. The largest absolute Gasteiger partial charge is 0.494 e. The van der Waals surface area contributed by atoms with Crippen molar-refractivity contribution in [3.63, 3.8) is 0 Å². The molecule has 0 saturated carbocycles. The average molecular weight is 432 g/mol. The fourth-order valence-electron chi connectivity index (χ4n) is 4.66. The predicted octanol–water partition coefficient (Wildman–Crippen LogP) is 3.69. The third kappa shape index (κ3) is 3.69. The number of methoxy groups -OCH3 is 1. The van der Waals surface area contributed by atoms with Crippen molar-refractivity contribution in [2.24, 2.45) is 5.73 Å². The van der Waals surface area contributed by atoms with E-state index in [4.69, 9.17) is 15.5 Å². The fourth-order valence-corrected chi connectivity index (χ4v) is 4.66. The van der Waals surface area contributed by atoms with Gasteiger partial charge < -0.3 is 15.5 Å². The number of aromatic nitrogens is 2. The number of hydrogen-bond acceptors (Lipinski definition) is 4. The van der Waals surface area contributed by atoms with Gasteiger partial charge in [0.05, 0.1) is 24.0 Å². The summed E-state index contributed by atoms with van der Waals surface area (Å²) in [7, 11) is 1.46. The Morgan fingerprint density at radius 1 is 1.28 bits per heavy atom. The predicted molar refractivity (Wildman–Crippen MR) is 122 cm³/mol. The molecule has 1 aliphatic heterocycles. The van der Waals surface area contributed by atoms with Gasteiger partial charge in [0, 0.05) is 48.8 Å². The molecule has 0 fully saturated rings. The highest BCUT2D eigenvalue weighted by molar-refractivity contribution is 6.10. The molecule has 3 heterocycles. The number of ether oxygens (including phenoxy) is 1. The van der Waals surface area contributed by atoms with E-state index in [-0.39, 0.29) is 17.5 Å². The lowest BCUT2D eigenvalue weighted by molar-refractivity contribution is -0.118. The average Bonchev–Trinajstić information content (AvgIpc) is 3.18. The fraction of sp³-hybridized carbons (Fsp3) is 0.280. The molecule has 4 aromatic rings. The Morgan fingerprint density at radius 3 is 2.91 bits per heavy atom. The molecule has 0 unspecified atom stereocenters. The molecule has 32 heavy (non-hydrogen) atoms. The zero-order valence-electron chi connectivity index (χ0n) is 18.0. The van der Waals surface area contributed by atoms with Gasteiger partial charge in [-0.2, -0.15) is 0 Å². The SMILES string of the molecule is COc1ccc(Cc2nc3c(c4c2[nH]c2ccccc24)CCN(CCC(N)=O)C3)cc1F. The molecular weight excluding hydrogens is 407 g/mol. The maximum Gasteiger partial charge on any atom is 0.218 e. The van der Waals surface area contributed by atoms with E-state index >= 15 is 0 Å². The normalized spacial score (nSPS) is 14.1. The zero-order chi connectivity index (χ0) is 22.2. The minimum atomic E-state index is -0.381. The van der Waals surface area contributed by atoms with Crippen molar-refractivity contribution >= 4 is 27.7 Å². The molecule has 7 heteroatoms. The molecule has 0 atom stereocenters. The second-order valence-corrected chi connectivity index (χ2v) is 8.29. The van der Waals surface area contributed by atoms with Crippen molar-refractivity contribution < 1.29 is 13.9 Å². The van der Waals surface area contributed by atoms with Gasteiger partial charge in [-0.1, -0.05) is 24.3 Å². The molecule has 164 valence electrons. The van der Waals surface area contributed by atoms with Gasteiger partial charge in [-0.25, -0.2) is 4.39 Å². The Bertz CT molecular complexity index is 1330. The first-order valence-electron chi connectivity index (χ1n) is 10.8. The Kier molecular flexibility index (Phi) is 5.27. The van der Waals surface area contributed by atoms with E-state index in [1.54, 1.807) is 6.07 Å². The number of nitrogens with one attached hydrogen (secondary N) is 1. The summed E-state index contributed by atoms with van der Waals surface area (Å²) in [6.07, 6.45) is 1.69. The second kappa shape index (κ2) is 8.24. The van der Waals surface area contributed by atoms with Crippen molar-refractivity contribution in [1.29, 1.82) is 0 Å². The van der Waals surface area contributed by atoms with Crippen LogP contribution in [0.15, 0.2) is 42.5 Å². The molecule has 2 aromatic carbocycles. The van der Waals surface area contributed by atoms with Crippen molar-refractivity contribution in [3.05, 3.63) is 70.8 Å². The summed E-state index contributed by atoms with van der Waals surface area (Å²) >= 11 is 0. The van der Waals surface area contributed by atoms with Crippen LogP contribution >= 0.6 is 0 Å². The van der Waals surface area contributed by atoms with Crippen molar-refractivity contribution in [3.8, 4) is 5.75 Å². The number of fused-ring (bicyclic) bond motifs is 5. The molecular formula is C25H25FN4O2. The summed E-state index contributed by atoms with van der Waals surface area (Å²) in [5.41, 5.74) is 11.4. The molecule has 6 nitrogen and oxygen atoms in total. The zero-order valence-corrected chi connectivity index (χ0v) is 18.0. The summed E-state index contributed by atoms with van der Waals surface area (Å²) in [5, 5.41) is 2.37. The third-order valence-corrected chi connectivity index (χ3v) is 6.23. The molecule has 1 aliphatic rings. The van der Waals surface area contributed by atoms with E-state index < -0.39 is 0 Å². The summed E-state index contributed by atoms with van der Waals surface area (Å²) < 4.78 is 19.4. The standard InChI is InChI=1S/C25H25FN4O2/c1-32-22-7-6-15(12-18(22)26)13-20-25-24(16-4-2-3-5-19(16)29-25)17-8-10-30(11-9-23(27)31)14-21(17)28-20/h2-7,12,29H,8-11,13-14H2,1H3,(H2,27,31). The number of H-pyrrole nitrogens is 1. The highest BCUT2D eigenvalue weighted by Crippen LogP contribution is 2.35. The van der Waals surface area contributed by atoms with Gasteiger partial charge in [-0.05, 0) is 35.7 Å². The topological polar surface area (TPSA) is 84.2 Å². The summed E-state index contributed by atoms with van der Waals surface area (Å²) in [4.78, 5) is 22.0. The number of nitrogens with zero attached hydrogens (tertiary/aromatic N) is 2. The lowest BCUT2D eigenvalue weighted by Crippen LogP contribution is -2.34. The van der Waals surface area contributed by atoms with Gasteiger partial charge >= 0.3 is 0 Å². The minimum Gasteiger partial charge on any atom is -0.494 e. The van der Waals surface area contributed by atoms with Gasteiger partial charge in [0.1, 0.15) is 0 Å². The number of aromatic amines is 1. The molecule has 3 N–H and O–H groups in total. The number of halogens is 1. The highest BCUT2D eigenvalue weighted by atomic mass is 19.1. The van der Waals surface area contributed by atoms with Crippen molar-refractivity contribution in [2.75, 3.05) is 20.2 Å². The van der Waals surface area contributed by atoms with Gasteiger partial charge in [-0.3, -0.25) is 14.7 Å². The van der Waals surface area contributed by atoms with E-state index in [1.807, 2.05) is 18.2 Å². The first-order valence-corrected chi connectivity index (χ1v) is 10.8. The van der Waals surface area contributed by atoms with Crippen LogP contribution in [-0.4, -0.2) is 41.0 Å². The highest BCUT2D eigenvalue weighted by Gasteiger charge is 2.24. The number of primary amides is 1. The maximum atomic E-state index is 14.3. The van der Waals surface area contributed by atoms with Crippen LogP contribution in [-0.2, 0) is 24.2 Å². The van der Waals surface area contributed by atoms with Crippen LogP contribution in [0.5, 0.6) is 5.75 Å². The lowest BCUT2D eigenvalue weighted by atomic mass is 9.96. The molecule has 0 bridgehead atoms. The quantitative estimate of drug-likeness (QED) is 0.487. The Balaban J connectivity index is 1.61. The number of pyridine rings is 1.